The quantitative estimate of drug-likeness (QED) is 0.600. The van der Waals surface area contributed by atoms with Gasteiger partial charge in [0.15, 0.2) is 0 Å². The van der Waals surface area contributed by atoms with E-state index in [-0.39, 0.29) is 19.3 Å². The standard InChI is InChI=1S/C10H21NO2/c11-10-2-1-8(3-5-12)7-9(10)4-6-13/h8-10,12-13H,1-7,11H2. The van der Waals surface area contributed by atoms with Crippen LogP contribution in [0.25, 0.3) is 0 Å². The Morgan fingerprint density at radius 1 is 1.08 bits per heavy atom. The van der Waals surface area contributed by atoms with E-state index in [2.05, 4.69) is 0 Å². The smallest absolute Gasteiger partial charge is 0.0434 e. The maximum absolute atomic E-state index is 8.85. The van der Waals surface area contributed by atoms with Crippen LogP contribution in [0.5, 0.6) is 0 Å². The molecule has 0 aromatic heterocycles. The minimum absolute atomic E-state index is 0.240. The minimum atomic E-state index is 0.240. The van der Waals surface area contributed by atoms with Crippen molar-refractivity contribution < 1.29 is 10.2 Å². The minimum Gasteiger partial charge on any atom is -0.396 e. The van der Waals surface area contributed by atoms with Crippen molar-refractivity contribution in [2.75, 3.05) is 13.2 Å². The molecule has 4 N–H and O–H groups in total. The van der Waals surface area contributed by atoms with E-state index in [1.807, 2.05) is 0 Å². The first-order valence-electron chi connectivity index (χ1n) is 5.25. The van der Waals surface area contributed by atoms with Crippen LogP contribution in [-0.4, -0.2) is 29.5 Å². The van der Waals surface area contributed by atoms with Crippen molar-refractivity contribution in [1.29, 1.82) is 0 Å². The lowest BCUT2D eigenvalue weighted by Gasteiger charge is -2.33. The number of aliphatic hydroxyl groups excluding tert-OH is 2. The third kappa shape index (κ3) is 3.25. The van der Waals surface area contributed by atoms with Crippen LogP contribution < -0.4 is 5.73 Å². The highest BCUT2D eigenvalue weighted by atomic mass is 16.3. The molecule has 0 spiro atoms. The zero-order valence-corrected chi connectivity index (χ0v) is 8.15. The molecule has 3 nitrogen and oxygen atoms in total. The first-order valence-corrected chi connectivity index (χ1v) is 5.25. The summed E-state index contributed by atoms with van der Waals surface area (Å²) in [5, 5.41) is 17.7. The third-order valence-corrected chi connectivity index (χ3v) is 3.19. The molecule has 3 atom stereocenters. The molecule has 1 aliphatic carbocycles. The maximum atomic E-state index is 8.85. The topological polar surface area (TPSA) is 66.5 Å². The molecule has 3 unspecified atom stereocenters. The summed E-state index contributed by atoms with van der Waals surface area (Å²) in [7, 11) is 0. The number of hydrogen-bond donors (Lipinski definition) is 3. The fourth-order valence-electron chi connectivity index (χ4n) is 2.33. The lowest BCUT2D eigenvalue weighted by molar-refractivity contribution is 0.156. The highest BCUT2D eigenvalue weighted by Gasteiger charge is 2.27. The predicted molar refractivity (Wildman–Crippen MR) is 52.2 cm³/mol. The fourth-order valence-corrected chi connectivity index (χ4v) is 2.33. The van der Waals surface area contributed by atoms with Crippen molar-refractivity contribution in [3.05, 3.63) is 0 Å². The van der Waals surface area contributed by atoms with Crippen molar-refractivity contribution >= 4 is 0 Å². The summed E-state index contributed by atoms with van der Waals surface area (Å²) in [5.74, 6) is 1.09. The van der Waals surface area contributed by atoms with Gasteiger partial charge in [0.2, 0.25) is 0 Å². The second-order valence-electron chi connectivity index (χ2n) is 4.13. The van der Waals surface area contributed by atoms with Gasteiger partial charge < -0.3 is 15.9 Å². The van der Waals surface area contributed by atoms with E-state index >= 15 is 0 Å². The molecular weight excluding hydrogens is 166 g/mol. The van der Waals surface area contributed by atoms with E-state index in [0.29, 0.717) is 11.8 Å². The fraction of sp³-hybridized carbons (Fsp3) is 1.00. The monoisotopic (exact) mass is 187 g/mol. The summed E-state index contributed by atoms with van der Waals surface area (Å²) in [4.78, 5) is 0. The van der Waals surface area contributed by atoms with Gasteiger partial charge in [-0.25, -0.2) is 0 Å². The SMILES string of the molecule is NC1CCC(CCO)CC1CCO. The Hall–Kier alpha value is -0.120. The summed E-state index contributed by atoms with van der Waals surface area (Å²) in [5.41, 5.74) is 5.95. The molecule has 0 aromatic carbocycles. The lowest BCUT2D eigenvalue weighted by atomic mass is 9.76. The van der Waals surface area contributed by atoms with Gasteiger partial charge in [0.05, 0.1) is 0 Å². The van der Waals surface area contributed by atoms with Crippen LogP contribution in [0.1, 0.15) is 32.1 Å². The molecule has 78 valence electrons. The van der Waals surface area contributed by atoms with E-state index < -0.39 is 0 Å². The molecule has 0 aromatic rings. The van der Waals surface area contributed by atoms with Crippen LogP contribution in [0.2, 0.25) is 0 Å². The second-order valence-corrected chi connectivity index (χ2v) is 4.13. The number of hydrogen-bond acceptors (Lipinski definition) is 3. The Morgan fingerprint density at radius 3 is 2.38 bits per heavy atom. The van der Waals surface area contributed by atoms with Crippen molar-refractivity contribution in [3.63, 3.8) is 0 Å². The van der Waals surface area contributed by atoms with Crippen molar-refractivity contribution in [3.8, 4) is 0 Å². The first kappa shape index (κ1) is 11.0. The Bertz CT molecular complexity index is 141. The van der Waals surface area contributed by atoms with Gasteiger partial charge in [-0.15, -0.1) is 0 Å². The van der Waals surface area contributed by atoms with Gasteiger partial charge >= 0.3 is 0 Å². The van der Waals surface area contributed by atoms with E-state index in [0.717, 1.165) is 32.1 Å². The largest absolute Gasteiger partial charge is 0.396 e. The predicted octanol–water partition coefficient (Wildman–Crippen LogP) is 0.495. The molecule has 0 amide bonds. The second kappa shape index (κ2) is 5.58. The molecule has 0 radical (unpaired) electrons. The summed E-state index contributed by atoms with van der Waals surface area (Å²) in [6, 6.07) is 0.266. The average Bonchev–Trinajstić information content (AvgIpc) is 2.12. The highest BCUT2D eigenvalue weighted by molar-refractivity contribution is 4.82. The number of nitrogens with two attached hydrogens (primary N) is 1. The van der Waals surface area contributed by atoms with E-state index in [1.54, 1.807) is 0 Å². The van der Waals surface area contributed by atoms with Gasteiger partial charge in [-0.05, 0) is 43.9 Å². The van der Waals surface area contributed by atoms with Crippen LogP contribution >= 0.6 is 0 Å². The Kier molecular flexibility index (Phi) is 4.70. The van der Waals surface area contributed by atoms with Crippen LogP contribution in [0.4, 0.5) is 0 Å². The van der Waals surface area contributed by atoms with Crippen molar-refractivity contribution in [2.24, 2.45) is 17.6 Å². The Labute approximate surface area is 79.9 Å². The highest BCUT2D eigenvalue weighted by Crippen LogP contribution is 2.31. The van der Waals surface area contributed by atoms with E-state index in [9.17, 15) is 0 Å². The zero-order valence-electron chi connectivity index (χ0n) is 8.15. The summed E-state index contributed by atoms with van der Waals surface area (Å²) in [6.07, 6.45) is 5.00. The van der Waals surface area contributed by atoms with Gasteiger partial charge in [0.1, 0.15) is 0 Å². The summed E-state index contributed by atoms with van der Waals surface area (Å²) >= 11 is 0. The molecular formula is C10H21NO2. The van der Waals surface area contributed by atoms with Gasteiger partial charge in [-0.1, -0.05) is 0 Å². The van der Waals surface area contributed by atoms with E-state index in [4.69, 9.17) is 15.9 Å². The zero-order chi connectivity index (χ0) is 9.68. The molecule has 1 aliphatic rings. The molecule has 13 heavy (non-hydrogen) atoms. The van der Waals surface area contributed by atoms with Crippen molar-refractivity contribution in [1.82, 2.24) is 0 Å². The molecule has 1 fully saturated rings. The summed E-state index contributed by atoms with van der Waals surface area (Å²) < 4.78 is 0. The van der Waals surface area contributed by atoms with Gasteiger partial charge in [0, 0.05) is 19.3 Å². The number of rotatable bonds is 4. The molecule has 1 saturated carbocycles. The van der Waals surface area contributed by atoms with Gasteiger partial charge in [-0.2, -0.15) is 0 Å². The molecule has 0 bridgehead atoms. The summed E-state index contributed by atoms with van der Waals surface area (Å²) in [6.45, 7) is 0.524. The third-order valence-electron chi connectivity index (χ3n) is 3.19. The van der Waals surface area contributed by atoms with Gasteiger partial charge in [-0.3, -0.25) is 0 Å². The van der Waals surface area contributed by atoms with Crippen LogP contribution in [0, 0.1) is 11.8 Å². The lowest BCUT2D eigenvalue weighted by Crippen LogP contribution is -2.36. The molecule has 0 saturated heterocycles. The van der Waals surface area contributed by atoms with Crippen molar-refractivity contribution in [2.45, 2.75) is 38.1 Å². The molecule has 0 heterocycles. The Morgan fingerprint density at radius 2 is 1.77 bits per heavy atom. The Balaban J connectivity index is 2.33. The number of aliphatic hydroxyl groups is 2. The van der Waals surface area contributed by atoms with Crippen LogP contribution in [0.15, 0.2) is 0 Å². The van der Waals surface area contributed by atoms with E-state index in [1.165, 1.54) is 0 Å². The average molecular weight is 187 g/mol. The molecule has 1 rings (SSSR count). The normalized spacial score (nSPS) is 34.8. The molecule has 0 aliphatic heterocycles. The first-order chi connectivity index (χ1) is 6.27. The van der Waals surface area contributed by atoms with Crippen LogP contribution in [0.3, 0.4) is 0 Å². The van der Waals surface area contributed by atoms with Gasteiger partial charge in [0.25, 0.3) is 0 Å². The maximum Gasteiger partial charge on any atom is 0.0434 e. The van der Waals surface area contributed by atoms with Crippen LogP contribution in [-0.2, 0) is 0 Å². The molecule has 3 heteroatoms.